The van der Waals surface area contributed by atoms with Crippen molar-refractivity contribution < 1.29 is 4.79 Å². The van der Waals surface area contributed by atoms with Gasteiger partial charge in [-0.05, 0) is 11.4 Å². The minimum absolute atomic E-state index is 0.289. The van der Waals surface area contributed by atoms with Crippen LogP contribution in [0.15, 0.2) is 36.1 Å². The Morgan fingerprint density at radius 2 is 2.38 bits per heavy atom. The monoisotopic (exact) mass is 234 g/mol. The second-order valence-electron chi connectivity index (χ2n) is 3.07. The summed E-state index contributed by atoms with van der Waals surface area (Å²) in [5, 5.41) is 4.48. The first kappa shape index (κ1) is 10.7. The largest absolute Gasteiger partial charge is 0.316 e. The van der Waals surface area contributed by atoms with E-state index < -0.39 is 6.04 Å². The average molecular weight is 234 g/mol. The maximum absolute atomic E-state index is 11.7. The molecule has 0 fully saturated rings. The Hall–Kier alpha value is -1.79. The van der Waals surface area contributed by atoms with Crippen molar-refractivity contribution in [3.63, 3.8) is 0 Å². The van der Waals surface area contributed by atoms with Gasteiger partial charge in [0.05, 0.1) is 6.20 Å². The highest BCUT2D eigenvalue weighted by molar-refractivity contribution is 7.10. The van der Waals surface area contributed by atoms with Gasteiger partial charge in [0.25, 0.3) is 0 Å². The topological polar surface area (TPSA) is 80.9 Å². The first-order valence-corrected chi connectivity index (χ1v) is 5.51. The highest BCUT2D eigenvalue weighted by atomic mass is 32.1. The number of rotatable bonds is 3. The summed E-state index contributed by atoms with van der Waals surface area (Å²) < 4.78 is 0. The van der Waals surface area contributed by atoms with Gasteiger partial charge in [-0.2, -0.15) is 0 Å². The highest BCUT2D eigenvalue weighted by Gasteiger charge is 2.16. The molecule has 0 aliphatic rings. The lowest BCUT2D eigenvalue weighted by Crippen LogP contribution is -2.27. The molecule has 1 unspecified atom stereocenters. The Labute approximate surface area is 96.3 Å². The van der Waals surface area contributed by atoms with Crippen LogP contribution in [-0.4, -0.2) is 15.9 Å². The Kier molecular flexibility index (Phi) is 3.23. The zero-order valence-corrected chi connectivity index (χ0v) is 9.15. The predicted octanol–water partition coefficient (Wildman–Crippen LogP) is 1.18. The summed E-state index contributed by atoms with van der Waals surface area (Å²) in [4.78, 5) is 20.3. The van der Waals surface area contributed by atoms with E-state index in [1.54, 1.807) is 0 Å². The van der Waals surface area contributed by atoms with Gasteiger partial charge in [-0.25, -0.2) is 4.98 Å². The third-order valence-corrected chi connectivity index (χ3v) is 2.90. The van der Waals surface area contributed by atoms with Gasteiger partial charge in [-0.15, -0.1) is 11.3 Å². The quantitative estimate of drug-likeness (QED) is 0.835. The fourth-order valence-corrected chi connectivity index (χ4v) is 1.89. The number of thiophene rings is 1. The van der Waals surface area contributed by atoms with E-state index in [9.17, 15) is 4.79 Å². The number of carbonyl (C=O) groups excluding carboxylic acids is 1. The maximum Gasteiger partial charge on any atom is 0.247 e. The van der Waals surface area contributed by atoms with E-state index in [4.69, 9.17) is 5.73 Å². The van der Waals surface area contributed by atoms with Crippen LogP contribution in [0.2, 0.25) is 0 Å². The van der Waals surface area contributed by atoms with E-state index >= 15 is 0 Å². The molecule has 2 heterocycles. The van der Waals surface area contributed by atoms with E-state index in [2.05, 4.69) is 15.3 Å². The fraction of sp³-hybridized carbons (Fsp3) is 0.100. The molecule has 1 atom stereocenters. The van der Waals surface area contributed by atoms with E-state index in [1.165, 1.54) is 29.9 Å². The van der Waals surface area contributed by atoms with Crippen LogP contribution in [0.1, 0.15) is 10.9 Å². The van der Waals surface area contributed by atoms with Crippen LogP contribution in [-0.2, 0) is 4.79 Å². The summed E-state index contributed by atoms with van der Waals surface area (Å²) in [7, 11) is 0. The van der Waals surface area contributed by atoms with Crippen molar-refractivity contribution >= 4 is 23.1 Å². The molecule has 0 bridgehead atoms. The van der Waals surface area contributed by atoms with Gasteiger partial charge in [-0.3, -0.25) is 9.78 Å². The van der Waals surface area contributed by atoms with Crippen LogP contribution in [0, 0.1) is 0 Å². The van der Waals surface area contributed by atoms with E-state index in [0.717, 1.165) is 4.88 Å². The van der Waals surface area contributed by atoms with Crippen LogP contribution in [0.5, 0.6) is 0 Å². The van der Waals surface area contributed by atoms with Gasteiger partial charge < -0.3 is 11.1 Å². The third-order valence-electron chi connectivity index (χ3n) is 1.95. The number of nitrogens with zero attached hydrogens (tertiary/aromatic N) is 2. The first-order valence-electron chi connectivity index (χ1n) is 4.63. The van der Waals surface area contributed by atoms with Gasteiger partial charge in [0.15, 0.2) is 5.82 Å². The van der Waals surface area contributed by atoms with Crippen molar-refractivity contribution in [1.82, 2.24) is 9.97 Å². The van der Waals surface area contributed by atoms with E-state index in [1.807, 2.05) is 17.5 Å². The van der Waals surface area contributed by atoms with E-state index in [0.29, 0.717) is 5.82 Å². The normalized spacial score (nSPS) is 12.1. The van der Waals surface area contributed by atoms with Gasteiger partial charge in [0.1, 0.15) is 6.04 Å². The smallest absolute Gasteiger partial charge is 0.247 e. The van der Waals surface area contributed by atoms with Gasteiger partial charge in [-0.1, -0.05) is 6.07 Å². The summed E-state index contributed by atoms with van der Waals surface area (Å²) in [6.45, 7) is 0. The van der Waals surface area contributed by atoms with Crippen molar-refractivity contribution in [2.45, 2.75) is 6.04 Å². The number of aromatic nitrogens is 2. The van der Waals surface area contributed by atoms with Gasteiger partial charge in [0.2, 0.25) is 5.91 Å². The molecule has 0 aliphatic heterocycles. The molecule has 0 spiro atoms. The average Bonchev–Trinajstić information content (AvgIpc) is 2.83. The molecule has 2 aromatic rings. The lowest BCUT2D eigenvalue weighted by atomic mass is 10.2. The molecule has 3 N–H and O–H groups in total. The standard InChI is InChI=1S/C10H10N4OS/c11-9(7-2-1-5-16-7)10(15)14-8-6-12-3-4-13-8/h1-6,9H,11H2,(H,13,14,15). The van der Waals surface area contributed by atoms with Crippen molar-refractivity contribution in [3.8, 4) is 0 Å². The summed E-state index contributed by atoms with van der Waals surface area (Å²) >= 11 is 1.45. The fourth-order valence-electron chi connectivity index (χ4n) is 1.17. The number of nitrogens with one attached hydrogen (secondary N) is 1. The molecular formula is C10H10N4OS. The van der Waals surface area contributed by atoms with Crippen LogP contribution in [0.4, 0.5) is 5.82 Å². The molecule has 2 aromatic heterocycles. The molecule has 6 heteroatoms. The summed E-state index contributed by atoms with van der Waals surface area (Å²) in [6.07, 6.45) is 4.51. The Morgan fingerprint density at radius 1 is 1.50 bits per heavy atom. The van der Waals surface area contributed by atoms with Crippen LogP contribution in [0.25, 0.3) is 0 Å². The van der Waals surface area contributed by atoms with Crippen molar-refractivity contribution in [1.29, 1.82) is 0 Å². The lowest BCUT2D eigenvalue weighted by molar-refractivity contribution is -0.117. The Bertz CT molecular complexity index is 457. The molecule has 2 rings (SSSR count). The van der Waals surface area contributed by atoms with Crippen molar-refractivity contribution in [3.05, 3.63) is 41.0 Å². The highest BCUT2D eigenvalue weighted by Crippen LogP contribution is 2.17. The summed E-state index contributed by atoms with van der Waals surface area (Å²) in [6, 6.07) is 3.02. The van der Waals surface area contributed by atoms with Crippen LogP contribution >= 0.6 is 11.3 Å². The second-order valence-corrected chi connectivity index (χ2v) is 4.05. The zero-order valence-electron chi connectivity index (χ0n) is 8.33. The molecular weight excluding hydrogens is 224 g/mol. The summed E-state index contributed by atoms with van der Waals surface area (Å²) in [5.74, 6) is 0.113. The first-order chi connectivity index (χ1) is 7.77. The Balaban J connectivity index is 2.04. The Morgan fingerprint density at radius 3 is 3.00 bits per heavy atom. The van der Waals surface area contributed by atoms with Gasteiger partial charge >= 0.3 is 0 Å². The third kappa shape index (κ3) is 2.41. The molecule has 82 valence electrons. The van der Waals surface area contributed by atoms with Crippen molar-refractivity contribution in [2.75, 3.05) is 5.32 Å². The molecule has 0 aromatic carbocycles. The molecule has 5 nitrogen and oxygen atoms in total. The number of carbonyl (C=O) groups is 1. The second kappa shape index (κ2) is 4.82. The van der Waals surface area contributed by atoms with Crippen LogP contribution in [0.3, 0.4) is 0 Å². The van der Waals surface area contributed by atoms with Gasteiger partial charge in [0, 0.05) is 17.3 Å². The van der Waals surface area contributed by atoms with E-state index in [-0.39, 0.29) is 5.91 Å². The SMILES string of the molecule is NC(C(=O)Nc1cnccn1)c1cccs1. The molecule has 0 saturated carbocycles. The lowest BCUT2D eigenvalue weighted by Gasteiger charge is -2.09. The minimum atomic E-state index is -0.665. The van der Waals surface area contributed by atoms with Crippen LogP contribution < -0.4 is 11.1 Å². The maximum atomic E-state index is 11.7. The van der Waals surface area contributed by atoms with Crippen molar-refractivity contribution in [2.24, 2.45) is 5.73 Å². The molecule has 0 saturated heterocycles. The summed E-state index contributed by atoms with van der Waals surface area (Å²) in [5.41, 5.74) is 5.78. The molecule has 0 radical (unpaired) electrons. The molecule has 1 amide bonds. The number of anilines is 1. The minimum Gasteiger partial charge on any atom is -0.316 e. The number of amides is 1. The zero-order chi connectivity index (χ0) is 11.4. The number of hydrogen-bond acceptors (Lipinski definition) is 5. The number of hydrogen-bond donors (Lipinski definition) is 2. The molecule has 16 heavy (non-hydrogen) atoms. The predicted molar refractivity (Wildman–Crippen MR) is 61.9 cm³/mol. The number of nitrogens with two attached hydrogens (primary N) is 1. The molecule has 0 aliphatic carbocycles.